The molecular formula is C17H17N3O4S. The van der Waals surface area contributed by atoms with Crippen molar-refractivity contribution in [1.29, 1.82) is 0 Å². The van der Waals surface area contributed by atoms with E-state index in [-0.39, 0.29) is 17.9 Å². The SMILES string of the molecule is CCO/C(C)=C1\C(=O)N(c2nc3ccccc3s2)N=C1CC(=O)OC. The van der Waals surface area contributed by atoms with E-state index >= 15 is 0 Å². The standard InChI is InChI=1S/C17H17N3O4S/c1-4-24-10(2)15-12(9-14(21)23-3)19-20(16(15)22)17-18-11-7-5-6-8-13(11)25-17/h5-8H,4,9H2,1-3H3/b15-10-. The third-order valence-corrected chi connectivity index (χ3v) is 4.64. The molecule has 0 bridgehead atoms. The van der Waals surface area contributed by atoms with Crippen LogP contribution < -0.4 is 5.01 Å². The van der Waals surface area contributed by atoms with Crippen LogP contribution in [0.3, 0.4) is 0 Å². The van der Waals surface area contributed by atoms with Crippen LogP contribution in [0.4, 0.5) is 5.13 Å². The lowest BCUT2D eigenvalue weighted by Crippen LogP contribution is -2.22. The summed E-state index contributed by atoms with van der Waals surface area (Å²) < 4.78 is 11.1. The summed E-state index contributed by atoms with van der Waals surface area (Å²) in [5.41, 5.74) is 1.40. The molecule has 2 aromatic rings. The van der Waals surface area contributed by atoms with Crippen molar-refractivity contribution in [3.63, 3.8) is 0 Å². The number of anilines is 1. The minimum absolute atomic E-state index is 0.108. The molecule has 1 aromatic carbocycles. The third kappa shape index (κ3) is 3.25. The van der Waals surface area contributed by atoms with Gasteiger partial charge in [-0.15, -0.1) is 0 Å². The molecule has 8 heteroatoms. The lowest BCUT2D eigenvalue weighted by atomic mass is 10.1. The molecule has 7 nitrogen and oxygen atoms in total. The zero-order valence-corrected chi connectivity index (χ0v) is 14.9. The van der Waals surface area contributed by atoms with Crippen LogP contribution in [0.1, 0.15) is 20.3 Å². The Balaban J connectivity index is 2.03. The highest BCUT2D eigenvalue weighted by molar-refractivity contribution is 7.22. The first-order valence-corrected chi connectivity index (χ1v) is 8.55. The molecule has 130 valence electrons. The Morgan fingerprint density at radius 3 is 2.76 bits per heavy atom. The molecular weight excluding hydrogens is 342 g/mol. The molecule has 0 fully saturated rings. The minimum atomic E-state index is -0.473. The van der Waals surface area contributed by atoms with Gasteiger partial charge < -0.3 is 9.47 Å². The van der Waals surface area contributed by atoms with Crippen LogP contribution in [0, 0.1) is 0 Å². The summed E-state index contributed by atoms with van der Waals surface area (Å²) in [4.78, 5) is 29.0. The number of para-hydroxylation sites is 1. The summed E-state index contributed by atoms with van der Waals surface area (Å²) in [5, 5.41) is 5.99. The van der Waals surface area contributed by atoms with Gasteiger partial charge in [-0.3, -0.25) is 9.59 Å². The molecule has 0 aliphatic carbocycles. The van der Waals surface area contributed by atoms with Gasteiger partial charge in [-0.1, -0.05) is 23.5 Å². The molecule has 1 aliphatic heterocycles. The van der Waals surface area contributed by atoms with Crippen LogP contribution in [0.25, 0.3) is 10.2 Å². The quantitative estimate of drug-likeness (QED) is 0.466. The lowest BCUT2D eigenvalue weighted by Gasteiger charge is -2.09. The van der Waals surface area contributed by atoms with E-state index in [2.05, 4.69) is 10.1 Å². The van der Waals surface area contributed by atoms with Crippen LogP contribution in [-0.4, -0.2) is 36.3 Å². The number of fused-ring (bicyclic) bond motifs is 1. The Morgan fingerprint density at radius 1 is 1.32 bits per heavy atom. The molecule has 1 aromatic heterocycles. The van der Waals surface area contributed by atoms with E-state index in [0.717, 1.165) is 10.2 Å². The largest absolute Gasteiger partial charge is 0.498 e. The summed E-state index contributed by atoms with van der Waals surface area (Å²) in [6.45, 7) is 3.92. The van der Waals surface area contributed by atoms with Crippen LogP contribution in [-0.2, 0) is 19.1 Å². The molecule has 3 rings (SSSR count). The number of hydrogen-bond acceptors (Lipinski definition) is 7. The number of carbonyl (C=O) groups excluding carboxylic acids is 2. The number of thiazole rings is 1. The smallest absolute Gasteiger partial charge is 0.311 e. The van der Waals surface area contributed by atoms with Crippen LogP contribution in [0.15, 0.2) is 40.7 Å². The van der Waals surface area contributed by atoms with E-state index in [1.165, 1.54) is 23.5 Å². The first kappa shape index (κ1) is 17.1. The first-order valence-electron chi connectivity index (χ1n) is 7.73. The van der Waals surface area contributed by atoms with Gasteiger partial charge in [0.15, 0.2) is 0 Å². The number of hydrazone groups is 1. The maximum absolute atomic E-state index is 12.9. The summed E-state index contributed by atoms with van der Waals surface area (Å²) in [6, 6.07) is 7.59. The number of allylic oxidation sites excluding steroid dienone is 1. The van der Waals surface area contributed by atoms with Gasteiger partial charge in [0.1, 0.15) is 11.3 Å². The number of esters is 1. The Bertz CT molecular complexity index is 867. The van der Waals surface area contributed by atoms with E-state index in [4.69, 9.17) is 9.47 Å². The predicted molar refractivity (Wildman–Crippen MR) is 95.5 cm³/mol. The van der Waals surface area contributed by atoms with Crippen LogP contribution in [0.5, 0.6) is 0 Å². The van der Waals surface area contributed by atoms with E-state index in [9.17, 15) is 9.59 Å². The number of hydrogen-bond donors (Lipinski definition) is 0. The van der Waals surface area contributed by atoms with Crippen molar-refractivity contribution >= 4 is 44.3 Å². The normalized spacial score (nSPS) is 16.2. The second-order valence-electron chi connectivity index (χ2n) is 5.24. The van der Waals surface area contributed by atoms with Crippen molar-refractivity contribution in [2.45, 2.75) is 20.3 Å². The van der Waals surface area contributed by atoms with Crippen LogP contribution >= 0.6 is 11.3 Å². The average Bonchev–Trinajstić information content (AvgIpc) is 3.15. The van der Waals surface area contributed by atoms with Gasteiger partial charge in [-0.05, 0) is 26.0 Å². The maximum Gasteiger partial charge on any atom is 0.311 e. The molecule has 0 saturated heterocycles. The molecule has 1 aliphatic rings. The second kappa shape index (κ2) is 7.02. The lowest BCUT2D eigenvalue weighted by molar-refractivity contribution is -0.139. The Hall–Kier alpha value is -2.74. The number of nitrogens with zero attached hydrogens (tertiary/aromatic N) is 3. The number of ether oxygens (including phenoxy) is 2. The highest BCUT2D eigenvalue weighted by Gasteiger charge is 2.36. The highest BCUT2D eigenvalue weighted by Crippen LogP contribution is 2.33. The Kier molecular flexibility index (Phi) is 4.80. The Labute approximate surface area is 148 Å². The number of aromatic nitrogens is 1. The highest BCUT2D eigenvalue weighted by atomic mass is 32.1. The van der Waals surface area contributed by atoms with Gasteiger partial charge in [0.25, 0.3) is 5.91 Å². The number of carbonyl (C=O) groups is 2. The first-order chi connectivity index (χ1) is 12.0. The molecule has 0 unspecified atom stereocenters. The van der Waals surface area contributed by atoms with Crippen LogP contribution in [0.2, 0.25) is 0 Å². The van der Waals surface area contributed by atoms with Gasteiger partial charge in [0.05, 0.1) is 36.1 Å². The van der Waals surface area contributed by atoms with E-state index < -0.39 is 5.97 Å². The van der Waals surface area contributed by atoms with Crippen molar-refractivity contribution in [2.75, 3.05) is 18.7 Å². The number of methoxy groups -OCH3 is 1. The monoisotopic (exact) mass is 359 g/mol. The molecule has 0 radical (unpaired) electrons. The molecule has 0 saturated carbocycles. The number of benzene rings is 1. The average molecular weight is 359 g/mol. The number of rotatable bonds is 5. The maximum atomic E-state index is 12.9. The van der Waals surface area contributed by atoms with Crippen molar-refractivity contribution < 1.29 is 19.1 Å². The van der Waals surface area contributed by atoms with E-state index in [0.29, 0.717) is 23.2 Å². The second-order valence-corrected chi connectivity index (χ2v) is 6.25. The molecule has 0 N–H and O–H groups in total. The van der Waals surface area contributed by atoms with Gasteiger partial charge in [-0.25, -0.2) is 4.98 Å². The van der Waals surface area contributed by atoms with Crippen molar-refractivity contribution in [2.24, 2.45) is 5.10 Å². The third-order valence-electron chi connectivity index (χ3n) is 3.63. The molecule has 25 heavy (non-hydrogen) atoms. The van der Waals surface area contributed by atoms with E-state index in [1.54, 1.807) is 6.92 Å². The fourth-order valence-corrected chi connectivity index (χ4v) is 3.42. The fourth-order valence-electron chi connectivity index (χ4n) is 2.50. The van der Waals surface area contributed by atoms with Gasteiger partial charge in [0.2, 0.25) is 5.13 Å². The number of amides is 1. The zero-order valence-electron chi connectivity index (χ0n) is 14.1. The topological polar surface area (TPSA) is 81.1 Å². The summed E-state index contributed by atoms with van der Waals surface area (Å²) in [6.07, 6.45) is -0.108. The molecule has 0 atom stereocenters. The van der Waals surface area contributed by atoms with Crippen molar-refractivity contribution in [3.05, 3.63) is 35.6 Å². The van der Waals surface area contributed by atoms with Gasteiger partial charge in [0, 0.05) is 0 Å². The van der Waals surface area contributed by atoms with Crippen molar-refractivity contribution in [3.8, 4) is 0 Å². The fraction of sp³-hybridized carbons (Fsp3) is 0.294. The summed E-state index contributed by atoms with van der Waals surface area (Å²) in [7, 11) is 1.30. The van der Waals surface area contributed by atoms with Gasteiger partial charge >= 0.3 is 5.97 Å². The zero-order chi connectivity index (χ0) is 18.0. The summed E-state index contributed by atoms with van der Waals surface area (Å²) >= 11 is 1.36. The minimum Gasteiger partial charge on any atom is -0.498 e. The molecule has 2 heterocycles. The summed E-state index contributed by atoms with van der Waals surface area (Å²) in [5.74, 6) is -0.401. The van der Waals surface area contributed by atoms with E-state index in [1.807, 2.05) is 31.2 Å². The Morgan fingerprint density at radius 2 is 2.08 bits per heavy atom. The van der Waals surface area contributed by atoms with Gasteiger partial charge in [-0.2, -0.15) is 10.1 Å². The molecule has 0 spiro atoms. The molecule has 1 amide bonds. The van der Waals surface area contributed by atoms with Crippen molar-refractivity contribution in [1.82, 2.24) is 4.98 Å². The predicted octanol–water partition coefficient (Wildman–Crippen LogP) is 2.87.